The molecule has 4 nitrogen and oxygen atoms in total. The fourth-order valence-electron chi connectivity index (χ4n) is 1.93. The van der Waals surface area contributed by atoms with Gasteiger partial charge in [-0.25, -0.2) is 4.79 Å². The summed E-state index contributed by atoms with van der Waals surface area (Å²) in [7, 11) is 3.03. The van der Waals surface area contributed by atoms with E-state index in [4.69, 9.17) is 9.47 Å². The number of aromatic nitrogens is 1. The maximum atomic E-state index is 11.8. The molecule has 1 heterocycles. The minimum absolute atomic E-state index is 0.361. The Bertz CT molecular complexity index is 620. The number of methoxy groups -OCH3 is 2. The van der Waals surface area contributed by atoms with Crippen LogP contribution in [0.5, 0.6) is 0 Å². The number of benzene rings is 1. The minimum Gasteiger partial charge on any atom is -0.465 e. The second-order valence-electron chi connectivity index (χ2n) is 4.80. The van der Waals surface area contributed by atoms with Crippen molar-refractivity contribution in [1.82, 2.24) is 4.98 Å². The number of hydrogen-bond donors (Lipinski definition) is 0. The van der Waals surface area contributed by atoms with E-state index in [2.05, 4.69) is 4.98 Å². The topological polar surface area (TPSA) is 48.4 Å². The molecule has 1 aromatic heterocycles. The molecule has 0 atom stereocenters. The van der Waals surface area contributed by atoms with Crippen molar-refractivity contribution in [2.24, 2.45) is 0 Å². The number of nitrogens with zero attached hydrogens (tertiary/aromatic N) is 1. The first kappa shape index (κ1) is 13.5. The number of ether oxygens (including phenoxy) is 2. The van der Waals surface area contributed by atoms with E-state index >= 15 is 0 Å². The van der Waals surface area contributed by atoms with Crippen LogP contribution in [-0.2, 0) is 15.1 Å². The van der Waals surface area contributed by atoms with E-state index in [1.807, 2.05) is 32.0 Å². The highest BCUT2D eigenvalue weighted by atomic mass is 16.5. The third-order valence-corrected chi connectivity index (χ3v) is 3.35. The van der Waals surface area contributed by atoms with Gasteiger partial charge in [0.05, 0.1) is 23.8 Å². The number of pyridine rings is 1. The van der Waals surface area contributed by atoms with Crippen molar-refractivity contribution in [3.63, 3.8) is 0 Å². The Morgan fingerprint density at radius 2 is 1.95 bits per heavy atom. The zero-order valence-electron chi connectivity index (χ0n) is 11.6. The maximum Gasteiger partial charge on any atom is 0.338 e. The summed E-state index contributed by atoms with van der Waals surface area (Å²) in [5.41, 5.74) is 1.85. The Kier molecular flexibility index (Phi) is 3.53. The van der Waals surface area contributed by atoms with E-state index in [1.54, 1.807) is 19.4 Å². The Hall–Kier alpha value is -1.94. The number of fused-ring (bicyclic) bond motifs is 1. The summed E-state index contributed by atoms with van der Waals surface area (Å²) in [5.74, 6) is -0.361. The smallest absolute Gasteiger partial charge is 0.338 e. The molecule has 100 valence electrons. The molecule has 0 fully saturated rings. The van der Waals surface area contributed by atoms with Crippen LogP contribution in [0.25, 0.3) is 10.9 Å². The minimum atomic E-state index is -0.419. The molecule has 0 aliphatic carbocycles. The quantitative estimate of drug-likeness (QED) is 0.795. The lowest BCUT2D eigenvalue weighted by Crippen LogP contribution is -2.19. The van der Waals surface area contributed by atoms with Crippen LogP contribution in [0.2, 0.25) is 0 Å². The van der Waals surface area contributed by atoms with E-state index < -0.39 is 5.60 Å². The monoisotopic (exact) mass is 259 g/mol. The highest BCUT2D eigenvalue weighted by molar-refractivity contribution is 6.03. The summed E-state index contributed by atoms with van der Waals surface area (Å²) in [6, 6.07) is 7.44. The third kappa shape index (κ3) is 2.44. The van der Waals surface area contributed by atoms with Gasteiger partial charge >= 0.3 is 5.97 Å². The molecule has 0 spiro atoms. The van der Waals surface area contributed by atoms with Crippen LogP contribution in [0, 0.1) is 0 Å². The maximum absolute atomic E-state index is 11.8. The van der Waals surface area contributed by atoms with Gasteiger partial charge in [0.15, 0.2) is 0 Å². The van der Waals surface area contributed by atoms with Gasteiger partial charge in [-0.15, -0.1) is 0 Å². The van der Waals surface area contributed by atoms with Crippen molar-refractivity contribution >= 4 is 16.9 Å². The van der Waals surface area contributed by atoms with Crippen LogP contribution in [-0.4, -0.2) is 25.2 Å². The molecule has 4 heteroatoms. The van der Waals surface area contributed by atoms with Crippen molar-refractivity contribution in [3.8, 4) is 0 Å². The molecule has 19 heavy (non-hydrogen) atoms. The largest absolute Gasteiger partial charge is 0.465 e. The zero-order valence-corrected chi connectivity index (χ0v) is 11.6. The highest BCUT2D eigenvalue weighted by Crippen LogP contribution is 2.28. The van der Waals surface area contributed by atoms with Gasteiger partial charge < -0.3 is 9.47 Å². The zero-order chi connectivity index (χ0) is 14.0. The van der Waals surface area contributed by atoms with Crippen LogP contribution in [0.4, 0.5) is 0 Å². The second-order valence-corrected chi connectivity index (χ2v) is 4.80. The Balaban J connectivity index is 2.67. The van der Waals surface area contributed by atoms with Crippen molar-refractivity contribution < 1.29 is 14.3 Å². The lowest BCUT2D eigenvalue weighted by Gasteiger charge is -2.23. The molecule has 2 aromatic rings. The van der Waals surface area contributed by atoms with Crippen LogP contribution in [0.3, 0.4) is 0 Å². The van der Waals surface area contributed by atoms with Gasteiger partial charge in [0.25, 0.3) is 0 Å². The molecule has 0 amide bonds. The average molecular weight is 259 g/mol. The summed E-state index contributed by atoms with van der Waals surface area (Å²) in [6.07, 6.45) is 1.61. The van der Waals surface area contributed by atoms with Gasteiger partial charge in [-0.3, -0.25) is 4.98 Å². The molecule has 0 saturated heterocycles. The summed E-state index contributed by atoms with van der Waals surface area (Å²) >= 11 is 0. The lowest BCUT2D eigenvalue weighted by atomic mass is 9.95. The van der Waals surface area contributed by atoms with Gasteiger partial charge in [-0.1, -0.05) is 6.07 Å². The van der Waals surface area contributed by atoms with Gasteiger partial charge in [-0.2, -0.15) is 0 Å². The number of hydrogen-bond acceptors (Lipinski definition) is 4. The summed E-state index contributed by atoms with van der Waals surface area (Å²) in [6.45, 7) is 3.95. The average Bonchev–Trinajstić information content (AvgIpc) is 2.45. The molecule has 0 bridgehead atoms. The van der Waals surface area contributed by atoms with E-state index in [0.29, 0.717) is 5.56 Å². The van der Waals surface area contributed by atoms with Gasteiger partial charge in [0, 0.05) is 18.7 Å². The molecule has 0 N–H and O–H groups in total. The van der Waals surface area contributed by atoms with Gasteiger partial charge in [-0.05, 0) is 37.6 Å². The SMILES string of the molecule is COC(=O)c1ccnc2ccc(C(C)(C)OC)cc12. The molecular weight excluding hydrogens is 242 g/mol. The molecule has 0 radical (unpaired) electrons. The van der Waals surface area contributed by atoms with Crippen molar-refractivity contribution in [3.05, 3.63) is 41.6 Å². The van der Waals surface area contributed by atoms with E-state index in [9.17, 15) is 4.79 Å². The summed E-state index contributed by atoms with van der Waals surface area (Å²) < 4.78 is 10.3. The third-order valence-electron chi connectivity index (χ3n) is 3.35. The van der Waals surface area contributed by atoms with Crippen LogP contribution < -0.4 is 0 Å². The van der Waals surface area contributed by atoms with Crippen molar-refractivity contribution in [1.29, 1.82) is 0 Å². The van der Waals surface area contributed by atoms with Crippen LogP contribution in [0.15, 0.2) is 30.5 Å². The van der Waals surface area contributed by atoms with Crippen molar-refractivity contribution in [2.75, 3.05) is 14.2 Å². The normalized spacial score (nSPS) is 11.6. The van der Waals surface area contributed by atoms with Crippen molar-refractivity contribution in [2.45, 2.75) is 19.4 Å². The first-order valence-electron chi connectivity index (χ1n) is 6.02. The Morgan fingerprint density at radius 1 is 1.21 bits per heavy atom. The van der Waals surface area contributed by atoms with Crippen LogP contribution >= 0.6 is 0 Å². The van der Waals surface area contributed by atoms with Gasteiger partial charge in [0.1, 0.15) is 0 Å². The van der Waals surface area contributed by atoms with E-state index in [-0.39, 0.29) is 5.97 Å². The molecule has 1 aromatic carbocycles. The van der Waals surface area contributed by atoms with E-state index in [1.165, 1.54) is 7.11 Å². The first-order chi connectivity index (χ1) is 8.99. The molecule has 0 aliphatic heterocycles. The summed E-state index contributed by atoms with van der Waals surface area (Å²) in [5, 5.41) is 0.775. The molecular formula is C15H17NO3. The number of rotatable bonds is 3. The van der Waals surface area contributed by atoms with E-state index in [0.717, 1.165) is 16.5 Å². The lowest BCUT2D eigenvalue weighted by molar-refractivity contribution is 0.0193. The molecule has 0 aliphatic rings. The first-order valence-corrected chi connectivity index (χ1v) is 6.02. The number of carbonyl (C=O) groups is 1. The Labute approximate surface area is 112 Å². The molecule has 2 rings (SSSR count). The van der Waals surface area contributed by atoms with Crippen LogP contribution in [0.1, 0.15) is 29.8 Å². The predicted octanol–water partition coefficient (Wildman–Crippen LogP) is 2.90. The molecule has 0 saturated carbocycles. The molecule has 0 unspecified atom stereocenters. The van der Waals surface area contributed by atoms with Gasteiger partial charge in [0.2, 0.25) is 0 Å². The predicted molar refractivity (Wildman–Crippen MR) is 73.1 cm³/mol. The number of esters is 1. The fraction of sp³-hybridized carbons (Fsp3) is 0.333. The standard InChI is InChI=1S/C15H17NO3/c1-15(2,19-4)10-5-6-13-12(9-10)11(7-8-16-13)14(17)18-3/h5-9H,1-4H3. The highest BCUT2D eigenvalue weighted by Gasteiger charge is 2.21. The summed E-state index contributed by atoms with van der Waals surface area (Å²) in [4.78, 5) is 16.0. The Morgan fingerprint density at radius 3 is 2.58 bits per heavy atom. The fourth-order valence-corrected chi connectivity index (χ4v) is 1.93. The number of carbonyl (C=O) groups excluding carboxylic acids is 1. The second kappa shape index (κ2) is 4.97.